The van der Waals surface area contributed by atoms with Gasteiger partial charge in [-0.15, -0.1) is 6.42 Å². The zero-order valence-corrected chi connectivity index (χ0v) is 11.6. The number of benzene rings is 2. The van der Waals surface area contributed by atoms with Crippen molar-refractivity contribution in [2.24, 2.45) is 0 Å². The lowest BCUT2D eigenvalue weighted by Crippen LogP contribution is -2.08. The molecule has 0 heterocycles. The van der Waals surface area contributed by atoms with Crippen molar-refractivity contribution in [3.63, 3.8) is 0 Å². The van der Waals surface area contributed by atoms with E-state index in [4.69, 9.17) is 6.42 Å². The van der Waals surface area contributed by atoms with E-state index in [-0.39, 0.29) is 16.7 Å². The number of carbonyl (C=O) groups excluding carboxylic acids is 1. The molecule has 0 radical (unpaired) electrons. The first-order chi connectivity index (χ1) is 10.4. The first kappa shape index (κ1) is 15.6. The van der Waals surface area contributed by atoms with Crippen molar-refractivity contribution in [1.29, 1.82) is 0 Å². The molecule has 0 unspecified atom stereocenters. The number of ether oxygens (including phenoxy) is 1. The summed E-state index contributed by atoms with van der Waals surface area (Å²) in [5, 5.41) is 0. The Bertz CT molecular complexity index is 755. The van der Waals surface area contributed by atoms with Gasteiger partial charge in [-0.3, -0.25) is 0 Å². The van der Waals surface area contributed by atoms with E-state index < -0.39 is 17.7 Å². The van der Waals surface area contributed by atoms with Crippen LogP contribution in [-0.4, -0.2) is 13.1 Å². The highest BCUT2D eigenvalue weighted by atomic mass is 19.4. The van der Waals surface area contributed by atoms with Crippen LogP contribution < -0.4 is 0 Å². The summed E-state index contributed by atoms with van der Waals surface area (Å²) in [7, 11) is 1.20. The molecule has 0 aliphatic heterocycles. The monoisotopic (exact) mass is 304 g/mol. The zero-order chi connectivity index (χ0) is 16.3. The summed E-state index contributed by atoms with van der Waals surface area (Å²) >= 11 is 0. The van der Waals surface area contributed by atoms with Gasteiger partial charge in [0.25, 0.3) is 0 Å². The van der Waals surface area contributed by atoms with Crippen molar-refractivity contribution in [2.45, 2.75) is 6.18 Å². The number of hydrogen-bond donors (Lipinski definition) is 0. The van der Waals surface area contributed by atoms with E-state index in [9.17, 15) is 18.0 Å². The molecule has 112 valence electrons. The molecule has 0 aliphatic rings. The molecule has 0 amide bonds. The maximum atomic E-state index is 13.2. The Morgan fingerprint density at radius 3 is 2.50 bits per heavy atom. The van der Waals surface area contributed by atoms with Crippen molar-refractivity contribution >= 4 is 5.97 Å². The van der Waals surface area contributed by atoms with E-state index in [0.717, 1.165) is 6.07 Å². The minimum absolute atomic E-state index is 0.0753. The molecule has 5 heteroatoms. The molecule has 2 rings (SSSR count). The summed E-state index contributed by atoms with van der Waals surface area (Å²) in [5.41, 5.74) is -0.153. The predicted octanol–water partition coefficient (Wildman–Crippen LogP) is 4.14. The molecule has 0 N–H and O–H groups in total. The van der Waals surface area contributed by atoms with Crippen LogP contribution in [0.4, 0.5) is 13.2 Å². The Labute approximate surface area is 125 Å². The quantitative estimate of drug-likeness (QED) is 0.615. The van der Waals surface area contributed by atoms with Crippen molar-refractivity contribution in [3.05, 3.63) is 59.2 Å². The average molecular weight is 304 g/mol. The van der Waals surface area contributed by atoms with Crippen LogP contribution in [0.1, 0.15) is 21.5 Å². The standard InChI is InChI=1S/C17H11F3O2/c1-3-11-7-8-15(17(18,19)20)14(9-11)12-5-4-6-13(10-12)16(21)22-2/h1,4-10H,2H3. The lowest BCUT2D eigenvalue weighted by molar-refractivity contribution is -0.137. The van der Waals surface area contributed by atoms with E-state index >= 15 is 0 Å². The third kappa shape index (κ3) is 3.12. The van der Waals surface area contributed by atoms with Crippen molar-refractivity contribution in [2.75, 3.05) is 7.11 Å². The van der Waals surface area contributed by atoms with Gasteiger partial charge in [0, 0.05) is 5.56 Å². The highest BCUT2D eigenvalue weighted by Crippen LogP contribution is 2.37. The molecule has 2 aromatic carbocycles. The number of carbonyl (C=O) groups is 1. The SMILES string of the molecule is C#Cc1ccc(C(F)(F)F)c(-c2cccc(C(=O)OC)c2)c1. The van der Waals surface area contributed by atoms with Gasteiger partial charge in [-0.2, -0.15) is 13.2 Å². The summed E-state index contributed by atoms with van der Waals surface area (Å²) in [5.74, 6) is 1.68. The zero-order valence-electron chi connectivity index (χ0n) is 11.6. The predicted molar refractivity (Wildman–Crippen MR) is 76.2 cm³/mol. The Morgan fingerprint density at radius 2 is 1.91 bits per heavy atom. The minimum Gasteiger partial charge on any atom is -0.465 e. The number of rotatable bonds is 2. The summed E-state index contributed by atoms with van der Waals surface area (Å²) in [6.07, 6.45) is 0.726. The number of methoxy groups -OCH3 is 1. The van der Waals surface area contributed by atoms with Gasteiger partial charge in [-0.1, -0.05) is 18.1 Å². The van der Waals surface area contributed by atoms with Gasteiger partial charge in [0.2, 0.25) is 0 Å². The maximum absolute atomic E-state index is 13.2. The summed E-state index contributed by atoms with van der Waals surface area (Å²) in [6, 6.07) is 9.23. The molecule has 22 heavy (non-hydrogen) atoms. The fraction of sp³-hybridized carbons (Fsp3) is 0.118. The van der Waals surface area contributed by atoms with Crippen molar-refractivity contribution in [3.8, 4) is 23.5 Å². The maximum Gasteiger partial charge on any atom is 0.417 e. The summed E-state index contributed by atoms with van der Waals surface area (Å²) in [4.78, 5) is 11.5. The van der Waals surface area contributed by atoms with Gasteiger partial charge in [-0.25, -0.2) is 4.79 Å². The number of terminal acetylenes is 1. The molecule has 0 fully saturated rings. The van der Waals surface area contributed by atoms with Gasteiger partial charge >= 0.3 is 12.1 Å². The number of alkyl halides is 3. The largest absolute Gasteiger partial charge is 0.465 e. The molecular formula is C17H11F3O2. The molecule has 2 aromatic rings. The fourth-order valence-electron chi connectivity index (χ4n) is 2.05. The Hall–Kier alpha value is -2.74. The van der Waals surface area contributed by atoms with E-state index in [1.54, 1.807) is 0 Å². The van der Waals surface area contributed by atoms with Crippen LogP contribution in [0.2, 0.25) is 0 Å². The second-order valence-electron chi connectivity index (χ2n) is 4.47. The number of esters is 1. The molecule has 0 aliphatic carbocycles. The smallest absolute Gasteiger partial charge is 0.417 e. The molecule has 0 bridgehead atoms. The van der Waals surface area contributed by atoms with Crippen LogP contribution in [0.5, 0.6) is 0 Å². The lowest BCUT2D eigenvalue weighted by Gasteiger charge is -2.14. The number of halogens is 3. The minimum atomic E-state index is -4.52. The molecule has 2 nitrogen and oxygen atoms in total. The Morgan fingerprint density at radius 1 is 1.18 bits per heavy atom. The highest BCUT2D eigenvalue weighted by Gasteiger charge is 2.33. The van der Waals surface area contributed by atoms with Crippen molar-refractivity contribution in [1.82, 2.24) is 0 Å². The molecular weight excluding hydrogens is 293 g/mol. The second kappa shape index (κ2) is 5.94. The van der Waals surface area contributed by atoms with Crippen LogP contribution in [-0.2, 0) is 10.9 Å². The Kier molecular flexibility index (Phi) is 4.22. The number of hydrogen-bond acceptors (Lipinski definition) is 2. The van der Waals surface area contributed by atoms with Gasteiger partial charge in [-0.05, 0) is 41.5 Å². The molecule has 0 saturated carbocycles. The van der Waals surface area contributed by atoms with E-state index in [1.165, 1.54) is 43.5 Å². The van der Waals surface area contributed by atoms with E-state index in [1.807, 2.05) is 0 Å². The molecule has 0 atom stereocenters. The van der Waals surface area contributed by atoms with Gasteiger partial charge in [0.1, 0.15) is 0 Å². The first-order valence-electron chi connectivity index (χ1n) is 6.23. The lowest BCUT2D eigenvalue weighted by atomic mass is 9.95. The third-order valence-corrected chi connectivity index (χ3v) is 3.09. The van der Waals surface area contributed by atoms with Gasteiger partial charge in [0.15, 0.2) is 0 Å². The van der Waals surface area contributed by atoms with Crippen LogP contribution in [0.15, 0.2) is 42.5 Å². The first-order valence-corrected chi connectivity index (χ1v) is 6.23. The average Bonchev–Trinajstić information content (AvgIpc) is 2.52. The van der Waals surface area contributed by atoms with Crippen LogP contribution in [0.25, 0.3) is 11.1 Å². The van der Waals surface area contributed by atoms with Crippen LogP contribution >= 0.6 is 0 Å². The van der Waals surface area contributed by atoms with Crippen molar-refractivity contribution < 1.29 is 22.7 Å². The van der Waals surface area contributed by atoms with Crippen LogP contribution in [0, 0.1) is 12.3 Å². The molecule has 0 saturated heterocycles. The highest BCUT2D eigenvalue weighted by molar-refractivity contribution is 5.91. The topological polar surface area (TPSA) is 26.3 Å². The summed E-state index contributed by atoms with van der Waals surface area (Å²) in [6.45, 7) is 0. The summed E-state index contributed by atoms with van der Waals surface area (Å²) < 4.78 is 44.0. The van der Waals surface area contributed by atoms with Crippen LogP contribution in [0.3, 0.4) is 0 Å². The Balaban J connectivity index is 2.66. The second-order valence-corrected chi connectivity index (χ2v) is 4.47. The normalized spacial score (nSPS) is 10.9. The fourth-order valence-corrected chi connectivity index (χ4v) is 2.05. The van der Waals surface area contributed by atoms with Gasteiger partial charge in [0.05, 0.1) is 18.2 Å². The van der Waals surface area contributed by atoms with E-state index in [2.05, 4.69) is 10.7 Å². The van der Waals surface area contributed by atoms with E-state index in [0.29, 0.717) is 5.56 Å². The molecule has 0 aromatic heterocycles. The van der Waals surface area contributed by atoms with Gasteiger partial charge < -0.3 is 4.74 Å². The molecule has 0 spiro atoms. The third-order valence-electron chi connectivity index (χ3n) is 3.09.